The summed E-state index contributed by atoms with van der Waals surface area (Å²) < 4.78 is 6.06. The molecule has 0 bridgehead atoms. The molecular weight excluding hydrogens is 318 g/mol. The number of fused-ring (bicyclic) bond motifs is 1. The predicted molar refractivity (Wildman–Crippen MR) is 93.6 cm³/mol. The van der Waals surface area contributed by atoms with Crippen LogP contribution in [0.4, 0.5) is 4.79 Å². The molecule has 5 heteroatoms. The molecule has 2 N–H and O–H groups in total. The summed E-state index contributed by atoms with van der Waals surface area (Å²) in [7, 11) is 0. The van der Waals surface area contributed by atoms with Gasteiger partial charge in [0, 0.05) is 12.0 Å². The van der Waals surface area contributed by atoms with Gasteiger partial charge in [-0.1, -0.05) is 30.3 Å². The van der Waals surface area contributed by atoms with E-state index in [0.717, 1.165) is 38.5 Å². The number of likely N-dealkylation sites (tertiary alicyclic amines) is 1. The zero-order valence-electron chi connectivity index (χ0n) is 14.5. The third-order valence-corrected chi connectivity index (χ3v) is 6.51. The van der Waals surface area contributed by atoms with Gasteiger partial charge >= 0.3 is 6.09 Å². The van der Waals surface area contributed by atoms with Crippen molar-refractivity contribution in [2.75, 3.05) is 6.61 Å². The van der Waals surface area contributed by atoms with Crippen LogP contribution < -0.4 is 0 Å². The summed E-state index contributed by atoms with van der Waals surface area (Å²) in [4.78, 5) is 13.0. The smallest absolute Gasteiger partial charge is 0.407 e. The Morgan fingerprint density at radius 2 is 1.80 bits per heavy atom. The van der Waals surface area contributed by atoms with Crippen LogP contribution in [-0.4, -0.2) is 52.1 Å². The van der Waals surface area contributed by atoms with Gasteiger partial charge in [-0.2, -0.15) is 0 Å². The van der Waals surface area contributed by atoms with Crippen LogP contribution in [0.25, 0.3) is 0 Å². The zero-order valence-corrected chi connectivity index (χ0v) is 14.5. The molecule has 1 aromatic carbocycles. The highest BCUT2D eigenvalue weighted by Gasteiger charge is 2.54. The molecule has 1 heterocycles. The minimum atomic E-state index is -0.923. The predicted octanol–water partition coefficient (Wildman–Crippen LogP) is 3.23. The van der Waals surface area contributed by atoms with Crippen molar-refractivity contribution in [3.05, 3.63) is 35.9 Å². The van der Waals surface area contributed by atoms with Crippen molar-refractivity contribution in [2.24, 2.45) is 5.92 Å². The van der Waals surface area contributed by atoms with E-state index in [2.05, 4.69) is 24.3 Å². The number of hydrogen-bond acceptors (Lipinski definition) is 3. The van der Waals surface area contributed by atoms with E-state index in [1.807, 2.05) is 6.07 Å². The molecule has 1 amide bonds. The lowest BCUT2D eigenvalue weighted by Gasteiger charge is -2.35. The minimum absolute atomic E-state index is 0.00471. The van der Waals surface area contributed by atoms with Gasteiger partial charge in [-0.25, -0.2) is 4.79 Å². The average Bonchev–Trinajstić information content (AvgIpc) is 2.79. The van der Waals surface area contributed by atoms with Crippen molar-refractivity contribution in [2.45, 2.75) is 68.7 Å². The van der Waals surface area contributed by atoms with E-state index in [0.29, 0.717) is 12.5 Å². The molecule has 136 valence electrons. The molecular formula is C20H27NO4. The van der Waals surface area contributed by atoms with Crippen LogP contribution in [0.2, 0.25) is 0 Å². The summed E-state index contributed by atoms with van der Waals surface area (Å²) in [5.41, 5.74) is 1.40. The highest BCUT2D eigenvalue weighted by molar-refractivity contribution is 5.67. The van der Waals surface area contributed by atoms with Crippen LogP contribution in [0.3, 0.4) is 0 Å². The first-order chi connectivity index (χ1) is 12.1. The zero-order chi connectivity index (χ0) is 17.4. The molecule has 1 unspecified atom stereocenters. The van der Waals surface area contributed by atoms with Gasteiger partial charge in [0.05, 0.1) is 24.9 Å². The van der Waals surface area contributed by atoms with E-state index in [9.17, 15) is 15.0 Å². The van der Waals surface area contributed by atoms with Crippen molar-refractivity contribution < 1.29 is 19.7 Å². The maximum atomic E-state index is 11.6. The Kier molecular flexibility index (Phi) is 4.69. The van der Waals surface area contributed by atoms with E-state index in [1.165, 1.54) is 10.5 Å². The van der Waals surface area contributed by atoms with Gasteiger partial charge in [0.25, 0.3) is 0 Å². The van der Waals surface area contributed by atoms with Gasteiger partial charge in [-0.15, -0.1) is 0 Å². The van der Waals surface area contributed by atoms with E-state index in [1.54, 1.807) is 0 Å². The van der Waals surface area contributed by atoms with Gasteiger partial charge in [-0.3, -0.25) is 4.90 Å². The second-order valence-corrected chi connectivity index (χ2v) is 7.77. The number of carboxylic acid groups (broad SMARTS) is 1. The number of aliphatic hydroxyl groups excluding tert-OH is 1. The molecule has 3 aliphatic rings. The second-order valence-electron chi connectivity index (χ2n) is 7.77. The topological polar surface area (TPSA) is 70.0 Å². The fourth-order valence-corrected chi connectivity index (χ4v) is 4.93. The highest BCUT2D eigenvalue weighted by atomic mass is 16.5. The first-order valence-electron chi connectivity index (χ1n) is 9.51. The normalized spacial score (nSPS) is 37.4. The van der Waals surface area contributed by atoms with E-state index in [4.69, 9.17) is 4.74 Å². The fourth-order valence-electron chi connectivity index (χ4n) is 4.93. The fraction of sp³-hybridized carbons (Fsp3) is 0.650. The SMILES string of the molecule is O=C(O)N1[C@@H]2CC[C@@H]2C(O)[C@@H]1COC1CCC(c2ccccc2)CC1. The Hall–Kier alpha value is -1.59. The van der Waals surface area contributed by atoms with Crippen LogP contribution in [0.5, 0.6) is 0 Å². The Morgan fingerprint density at radius 3 is 2.40 bits per heavy atom. The summed E-state index contributed by atoms with van der Waals surface area (Å²) in [5.74, 6) is 0.711. The summed E-state index contributed by atoms with van der Waals surface area (Å²) in [6.07, 6.45) is 4.70. The van der Waals surface area contributed by atoms with Crippen LogP contribution in [-0.2, 0) is 4.74 Å². The van der Waals surface area contributed by atoms with Crippen LogP contribution in [0.15, 0.2) is 30.3 Å². The number of benzene rings is 1. The monoisotopic (exact) mass is 345 g/mol. The summed E-state index contributed by atoms with van der Waals surface area (Å²) in [5, 5.41) is 19.9. The molecule has 5 nitrogen and oxygen atoms in total. The number of rotatable bonds is 4. The van der Waals surface area contributed by atoms with Gasteiger partial charge in [-0.05, 0) is 50.0 Å². The second kappa shape index (κ2) is 6.96. The molecule has 2 aliphatic carbocycles. The van der Waals surface area contributed by atoms with Crippen LogP contribution in [0.1, 0.15) is 50.0 Å². The quantitative estimate of drug-likeness (QED) is 0.879. The Labute approximate surface area is 148 Å². The van der Waals surface area contributed by atoms with E-state index in [-0.39, 0.29) is 18.1 Å². The minimum Gasteiger partial charge on any atom is -0.465 e. The lowest BCUT2D eigenvalue weighted by molar-refractivity contribution is -0.0245. The van der Waals surface area contributed by atoms with Crippen molar-refractivity contribution >= 4 is 6.09 Å². The number of carbonyl (C=O) groups is 1. The molecule has 2 saturated carbocycles. The average molecular weight is 345 g/mol. The Morgan fingerprint density at radius 1 is 1.08 bits per heavy atom. The first kappa shape index (κ1) is 16.9. The maximum absolute atomic E-state index is 11.6. The summed E-state index contributed by atoms with van der Waals surface area (Å²) in [6.45, 7) is 0.321. The number of aliphatic hydroxyl groups is 1. The van der Waals surface area contributed by atoms with E-state index < -0.39 is 18.2 Å². The van der Waals surface area contributed by atoms with Crippen LogP contribution in [0, 0.1) is 5.92 Å². The molecule has 4 rings (SSSR count). The van der Waals surface area contributed by atoms with Crippen molar-refractivity contribution in [3.8, 4) is 0 Å². The first-order valence-corrected chi connectivity index (χ1v) is 9.51. The molecule has 3 fully saturated rings. The number of ether oxygens (including phenoxy) is 1. The summed E-state index contributed by atoms with van der Waals surface area (Å²) >= 11 is 0. The maximum Gasteiger partial charge on any atom is 0.407 e. The molecule has 1 aromatic rings. The molecule has 0 radical (unpaired) electrons. The van der Waals surface area contributed by atoms with E-state index >= 15 is 0 Å². The third-order valence-electron chi connectivity index (χ3n) is 6.51. The van der Waals surface area contributed by atoms with Crippen molar-refractivity contribution in [1.29, 1.82) is 0 Å². The van der Waals surface area contributed by atoms with Gasteiger partial charge in [0.2, 0.25) is 0 Å². The number of nitrogens with zero attached hydrogens (tertiary/aromatic N) is 1. The third kappa shape index (κ3) is 3.15. The molecule has 0 aromatic heterocycles. The van der Waals surface area contributed by atoms with Crippen molar-refractivity contribution in [3.63, 3.8) is 0 Å². The van der Waals surface area contributed by atoms with Gasteiger partial charge in [0.15, 0.2) is 0 Å². The largest absolute Gasteiger partial charge is 0.465 e. The molecule has 25 heavy (non-hydrogen) atoms. The lowest BCUT2D eigenvalue weighted by atomic mass is 9.78. The van der Waals surface area contributed by atoms with Gasteiger partial charge < -0.3 is 14.9 Å². The van der Waals surface area contributed by atoms with Crippen molar-refractivity contribution in [1.82, 2.24) is 4.90 Å². The van der Waals surface area contributed by atoms with Crippen LogP contribution >= 0.6 is 0 Å². The molecule has 1 saturated heterocycles. The molecule has 1 aliphatic heterocycles. The Bertz CT molecular complexity index is 599. The number of hydrogen-bond donors (Lipinski definition) is 2. The summed E-state index contributed by atoms with van der Waals surface area (Å²) in [6, 6.07) is 10.2. The highest BCUT2D eigenvalue weighted by Crippen LogP contribution is 2.44. The molecule has 4 atom stereocenters. The Balaban J connectivity index is 1.30. The molecule has 0 spiro atoms. The standard InChI is InChI=1S/C20H27NO4/c22-19-16-10-11-17(16)21(20(23)24)18(19)12-25-15-8-6-14(7-9-15)13-4-2-1-3-5-13/h1-5,14-19,22H,6-12H2,(H,23,24)/t14?,15?,16-,17+,18-,19?/m0/s1. The number of amides is 1. The lowest BCUT2D eigenvalue weighted by Crippen LogP contribution is -2.47. The van der Waals surface area contributed by atoms with Gasteiger partial charge in [0.1, 0.15) is 0 Å².